The molecule has 4 rings (SSSR count). The van der Waals surface area contributed by atoms with Crippen LogP contribution in [0.25, 0.3) is 22.3 Å². The summed E-state index contributed by atoms with van der Waals surface area (Å²) < 4.78 is 18.6. The Bertz CT molecular complexity index is 1340. The number of fused-ring (bicyclic) bond motifs is 1. The maximum atomic E-state index is 12.9. The summed E-state index contributed by atoms with van der Waals surface area (Å²) in [6.45, 7) is 2.06. The summed E-state index contributed by atoms with van der Waals surface area (Å²) in [6.07, 6.45) is 0. The van der Waals surface area contributed by atoms with Gasteiger partial charge in [0.15, 0.2) is 11.5 Å². The molecule has 9 nitrogen and oxygen atoms in total. The average molecular weight is 408 g/mol. The molecule has 0 radical (unpaired) electrons. The zero-order valence-corrected chi connectivity index (χ0v) is 16.8. The van der Waals surface area contributed by atoms with Gasteiger partial charge in [-0.1, -0.05) is 17.3 Å². The highest BCUT2D eigenvalue weighted by Gasteiger charge is 2.16. The van der Waals surface area contributed by atoms with E-state index in [1.807, 2.05) is 0 Å². The van der Waals surface area contributed by atoms with Crippen molar-refractivity contribution in [3.8, 4) is 22.9 Å². The van der Waals surface area contributed by atoms with Crippen LogP contribution in [0.1, 0.15) is 12.8 Å². The lowest BCUT2D eigenvalue weighted by Gasteiger charge is -2.11. The van der Waals surface area contributed by atoms with E-state index in [1.54, 1.807) is 63.6 Å². The molecule has 0 N–H and O–H groups in total. The van der Waals surface area contributed by atoms with Crippen LogP contribution >= 0.6 is 0 Å². The van der Waals surface area contributed by atoms with Crippen molar-refractivity contribution in [3.05, 3.63) is 69.2 Å². The van der Waals surface area contributed by atoms with Crippen molar-refractivity contribution in [3.63, 3.8) is 0 Å². The Labute approximate surface area is 171 Å². The Balaban J connectivity index is 1.76. The Morgan fingerprint density at radius 1 is 1.00 bits per heavy atom. The molecule has 154 valence electrons. The fourth-order valence-corrected chi connectivity index (χ4v) is 3.35. The molecule has 2 heterocycles. The van der Waals surface area contributed by atoms with Crippen LogP contribution in [0.15, 0.2) is 56.6 Å². The van der Waals surface area contributed by atoms with E-state index in [2.05, 4.69) is 10.1 Å². The van der Waals surface area contributed by atoms with Gasteiger partial charge in [0.2, 0.25) is 11.7 Å². The predicted molar refractivity (Wildman–Crippen MR) is 110 cm³/mol. The van der Waals surface area contributed by atoms with E-state index in [9.17, 15) is 9.59 Å². The molecule has 0 amide bonds. The lowest BCUT2D eigenvalue weighted by atomic mass is 10.2. The molecule has 0 fully saturated rings. The third kappa shape index (κ3) is 3.24. The Morgan fingerprint density at radius 2 is 1.77 bits per heavy atom. The SMILES string of the molecule is CCn1c(=O)c2ccccc2n(Cc2nc(-c3ccc(OC)c(OC)c3)no2)c1=O. The molecule has 0 bridgehead atoms. The monoisotopic (exact) mass is 408 g/mol. The minimum absolute atomic E-state index is 0.0416. The number of nitrogens with zero attached hydrogens (tertiary/aromatic N) is 4. The third-order valence-corrected chi connectivity index (χ3v) is 4.85. The number of aromatic nitrogens is 4. The smallest absolute Gasteiger partial charge is 0.331 e. The van der Waals surface area contributed by atoms with Gasteiger partial charge in [-0.2, -0.15) is 4.98 Å². The van der Waals surface area contributed by atoms with E-state index in [4.69, 9.17) is 14.0 Å². The fourth-order valence-electron chi connectivity index (χ4n) is 3.35. The lowest BCUT2D eigenvalue weighted by molar-refractivity contribution is 0.355. The number of rotatable bonds is 6. The van der Waals surface area contributed by atoms with Crippen molar-refractivity contribution in [1.82, 2.24) is 19.3 Å². The molecule has 0 atom stereocenters. The topological polar surface area (TPSA) is 101 Å². The van der Waals surface area contributed by atoms with Gasteiger partial charge >= 0.3 is 5.69 Å². The molecular formula is C21H20N4O5. The first kappa shape index (κ1) is 19.4. The molecular weight excluding hydrogens is 388 g/mol. The van der Waals surface area contributed by atoms with Crippen molar-refractivity contribution in [1.29, 1.82) is 0 Å². The van der Waals surface area contributed by atoms with Gasteiger partial charge in [-0.05, 0) is 37.3 Å². The van der Waals surface area contributed by atoms with Crippen LogP contribution in [0.3, 0.4) is 0 Å². The first-order valence-corrected chi connectivity index (χ1v) is 9.34. The molecule has 2 aromatic heterocycles. The van der Waals surface area contributed by atoms with Gasteiger partial charge in [0.25, 0.3) is 5.56 Å². The van der Waals surface area contributed by atoms with Gasteiger partial charge in [-0.25, -0.2) is 4.79 Å². The zero-order chi connectivity index (χ0) is 21.3. The summed E-state index contributed by atoms with van der Waals surface area (Å²) in [5, 5.41) is 4.47. The van der Waals surface area contributed by atoms with E-state index >= 15 is 0 Å². The maximum absolute atomic E-state index is 12.9. The van der Waals surface area contributed by atoms with Crippen molar-refractivity contribution in [2.24, 2.45) is 0 Å². The minimum Gasteiger partial charge on any atom is -0.493 e. The van der Waals surface area contributed by atoms with Crippen molar-refractivity contribution < 1.29 is 14.0 Å². The van der Waals surface area contributed by atoms with Crippen molar-refractivity contribution in [2.45, 2.75) is 20.0 Å². The van der Waals surface area contributed by atoms with Crippen LogP contribution in [-0.2, 0) is 13.1 Å². The van der Waals surface area contributed by atoms with Gasteiger partial charge in [0, 0.05) is 12.1 Å². The van der Waals surface area contributed by atoms with Gasteiger partial charge in [0.1, 0.15) is 6.54 Å². The first-order valence-electron chi connectivity index (χ1n) is 9.34. The molecule has 2 aromatic carbocycles. The highest BCUT2D eigenvalue weighted by molar-refractivity contribution is 5.77. The highest BCUT2D eigenvalue weighted by Crippen LogP contribution is 2.31. The standard InChI is InChI=1S/C21H20N4O5/c1-4-24-20(26)14-7-5-6-8-15(14)25(21(24)27)12-18-22-19(23-30-18)13-9-10-16(28-2)17(11-13)29-3/h5-11H,4,12H2,1-3H3. The molecule has 0 aliphatic carbocycles. The molecule has 0 saturated carbocycles. The Morgan fingerprint density at radius 3 is 2.50 bits per heavy atom. The van der Waals surface area contributed by atoms with Crippen molar-refractivity contribution >= 4 is 10.9 Å². The molecule has 0 saturated heterocycles. The number of methoxy groups -OCH3 is 2. The second-order valence-corrected chi connectivity index (χ2v) is 6.52. The van der Waals surface area contributed by atoms with E-state index in [0.717, 1.165) is 0 Å². The number of benzene rings is 2. The summed E-state index contributed by atoms with van der Waals surface area (Å²) in [5.74, 6) is 1.73. The van der Waals surface area contributed by atoms with Crippen LogP contribution in [0, 0.1) is 0 Å². The summed E-state index contributed by atoms with van der Waals surface area (Å²) in [6, 6.07) is 12.2. The maximum Gasteiger partial charge on any atom is 0.331 e. The lowest BCUT2D eigenvalue weighted by Crippen LogP contribution is -2.39. The largest absolute Gasteiger partial charge is 0.493 e. The Hall–Kier alpha value is -3.88. The normalized spacial score (nSPS) is 11.0. The molecule has 9 heteroatoms. The molecule has 0 spiro atoms. The van der Waals surface area contributed by atoms with Crippen LogP contribution in [0.5, 0.6) is 11.5 Å². The van der Waals surface area contributed by atoms with Gasteiger partial charge in [-0.15, -0.1) is 0 Å². The van der Waals surface area contributed by atoms with E-state index in [1.165, 1.54) is 9.13 Å². The minimum atomic E-state index is -0.424. The second kappa shape index (κ2) is 7.86. The highest BCUT2D eigenvalue weighted by atomic mass is 16.5. The predicted octanol–water partition coefficient (Wildman–Crippen LogP) is 2.30. The number of hydrogen-bond acceptors (Lipinski definition) is 7. The van der Waals surface area contributed by atoms with Gasteiger partial charge in [-0.3, -0.25) is 13.9 Å². The molecule has 0 aliphatic rings. The number of hydrogen-bond donors (Lipinski definition) is 0. The van der Waals surface area contributed by atoms with E-state index in [-0.39, 0.29) is 24.5 Å². The average Bonchev–Trinajstić information content (AvgIpc) is 3.25. The first-order chi connectivity index (χ1) is 14.6. The fraction of sp³-hybridized carbons (Fsp3) is 0.238. The summed E-state index contributed by atoms with van der Waals surface area (Å²) in [7, 11) is 3.10. The zero-order valence-electron chi connectivity index (χ0n) is 16.8. The molecule has 30 heavy (non-hydrogen) atoms. The van der Waals surface area contributed by atoms with Crippen LogP contribution < -0.4 is 20.7 Å². The summed E-state index contributed by atoms with van der Waals surface area (Å²) >= 11 is 0. The summed E-state index contributed by atoms with van der Waals surface area (Å²) in [4.78, 5) is 29.8. The molecule has 0 aliphatic heterocycles. The second-order valence-electron chi connectivity index (χ2n) is 6.52. The third-order valence-electron chi connectivity index (χ3n) is 4.85. The van der Waals surface area contributed by atoms with Gasteiger partial charge < -0.3 is 14.0 Å². The van der Waals surface area contributed by atoms with Crippen LogP contribution in [-0.4, -0.2) is 33.5 Å². The summed E-state index contributed by atoms with van der Waals surface area (Å²) in [5.41, 5.74) is 0.458. The Kier molecular flexibility index (Phi) is 5.09. The van der Waals surface area contributed by atoms with E-state index < -0.39 is 5.69 Å². The van der Waals surface area contributed by atoms with E-state index in [0.29, 0.717) is 33.8 Å². The van der Waals surface area contributed by atoms with Crippen LogP contribution in [0.4, 0.5) is 0 Å². The molecule has 4 aromatic rings. The number of para-hydroxylation sites is 1. The van der Waals surface area contributed by atoms with Crippen LogP contribution in [0.2, 0.25) is 0 Å². The molecule has 0 unspecified atom stereocenters. The quantitative estimate of drug-likeness (QED) is 0.482. The van der Waals surface area contributed by atoms with Crippen molar-refractivity contribution in [2.75, 3.05) is 14.2 Å². The van der Waals surface area contributed by atoms with Gasteiger partial charge in [0.05, 0.1) is 25.1 Å². The number of ether oxygens (including phenoxy) is 2.